The summed E-state index contributed by atoms with van der Waals surface area (Å²) in [7, 11) is 1.30. The topological polar surface area (TPSA) is 87.7 Å². The van der Waals surface area contributed by atoms with Crippen LogP contribution in [-0.2, 0) is 22.4 Å². The number of urea groups is 1. The summed E-state index contributed by atoms with van der Waals surface area (Å²) < 4.78 is 4.73. The van der Waals surface area contributed by atoms with E-state index in [-0.39, 0.29) is 24.4 Å². The summed E-state index contributed by atoms with van der Waals surface area (Å²) in [4.78, 5) is 39.6. The predicted molar refractivity (Wildman–Crippen MR) is 143 cm³/mol. The van der Waals surface area contributed by atoms with Crippen LogP contribution in [0.1, 0.15) is 46.4 Å². The Morgan fingerprint density at radius 1 is 0.973 bits per heavy atom. The van der Waals surface area contributed by atoms with Crippen LogP contribution in [0, 0.1) is 5.92 Å². The second kappa shape index (κ2) is 12.2. The van der Waals surface area contributed by atoms with Crippen LogP contribution in [-0.4, -0.2) is 43.0 Å². The molecule has 4 rings (SSSR count). The summed E-state index contributed by atoms with van der Waals surface area (Å²) in [6.45, 7) is 2.38. The van der Waals surface area contributed by atoms with Crippen LogP contribution in [0.15, 0.2) is 78.9 Å². The lowest BCUT2D eigenvalue weighted by atomic mass is 9.76. The van der Waals surface area contributed by atoms with Crippen LogP contribution in [0.25, 0.3) is 0 Å². The summed E-state index contributed by atoms with van der Waals surface area (Å²) >= 11 is 0. The first kappa shape index (κ1) is 25.9. The normalized spacial score (nSPS) is 16.3. The molecule has 7 heteroatoms. The van der Waals surface area contributed by atoms with E-state index in [4.69, 9.17) is 4.74 Å². The third-order valence-electron chi connectivity index (χ3n) is 6.88. The highest BCUT2D eigenvalue weighted by molar-refractivity contribution is 5.95. The maximum atomic E-state index is 13.4. The molecule has 37 heavy (non-hydrogen) atoms. The minimum atomic E-state index is -0.517. The second-order valence-electron chi connectivity index (χ2n) is 9.19. The Morgan fingerprint density at radius 3 is 2.49 bits per heavy atom. The van der Waals surface area contributed by atoms with Crippen LogP contribution in [0.4, 0.5) is 10.5 Å². The van der Waals surface area contributed by atoms with E-state index in [1.807, 2.05) is 42.2 Å². The van der Waals surface area contributed by atoms with E-state index in [0.29, 0.717) is 17.8 Å². The van der Waals surface area contributed by atoms with Crippen LogP contribution in [0.3, 0.4) is 0 Å². The van der Waals surface area contributed by atoms with Gasteiger partial charge in [0.05, 0.1) is 25.3 Å². The van der Waals surface area contributed by atoms with Gasteiger partial charge < -0.3 is 20.3 Å². The third-order valence-corrected chi connectivity index (χ3v) is 6.88. The molecule has 1 aliphatic rings. The number of nitrogens with zero attached hydrogens (tertiary/aromatic N) is 1. The maximum Gasteiger partial charge on any atom is 0.337 e. The van der Waals surface area contributed by atoms with E-state index in [1.165, 1.54) is 29.9 Å². The highest BCUT2D eigenvalue weighted by Gasteiger charge is 2.35. The highest BCUT2D eigenvalue weighted by atomic mass is 16.5. The van der Waals surface area contributed by atoms with Gasteiger partial charge in [0.25, 0.3) is 0 Å². The molecule has 1 aliphatic carbocycles. The molecule has 3 aromatic rings. The Bertz CT molecular complexity index is 1240. The summed E-state index contributed by atoms with van der Waals surface area (Å²) in [5.41, 5.74) is 4.48. The SMILES string of the molecule is CCN(C(=O)CNC(=O)Nc1cccc(C(=O)OC)c1)C1c2ccccc2CCC1Cc1ccccc1. The van der Waals surface area contributed by atoms with E-state index in [9.17, 15) is 14.4 Å². The number of anilines is 1. The molecule has 3 aromatic carbocycles. The number of likely N-dealkylation sites (N-methyl/N-ethyl adjacent to an activating group) is 1. The van der Waals surface area contributed by atoms with Crippen molar-refractivity contribution in [3.05, 3.63) is 101 Å². The molecule has 0 heterocycles. The van der Waals surface area contributed by atoms with E-state index >= 15 is 0 Å². The summed E-state index contributed by atoms with van der Waals surface area (Å²) in [6.07, 6.45) is 2.86. The number of amides is 3. The van der Waals surface area contributed by atoms with Gasteiger partial charge in [-0.05, 0) is 67.0 Å². The molecule has 7 nitrogen and oxygen atoms in total. The number of ether oxygens (including phenoxy) is 1. The van der Waals surface area contributed by atoms with E-state index < -0.39 is 12.0 Å². The summed E-state index contributed by atoms with van der Waals surface area (Å²) in [6, 6.07) is 24.6. The van der Waals surface area contributed by atoms with Gasteiger partial charge in [-0.25, -0.2) is 9.59 Å². The number of carbonyl (C=O) groups is 3. The van der Waals surface area contributed by atoms with Crippen molar-refractivity contribution in [3.63, 3.8) is 0 Å². The number of rotatable bonds is 8. The zero-order valence-electron chi connectivity index (χ0n) is 21.3. The van der Waals surface area contributed by atoms with Crippen molar-refractivity contribution >= 4 is 23.6 Å². The molecule has 2 unspecified atom stereocenters. The van der Waals surface area contributed by atoms with Crippen molar-refractivity contribution in [1.82, 2.24) is 10.2 Å². The number of hydrogen-bond acceptors (Lipinski definition) is 4. The smallest absolute Gasteiger partial charge is 0.337 e. The molecule has 0 saturated carbocycles. The van der Waals surface area contributed by atoms with Crippen molar-refractivity contribution in [2.45, 2.75) is 32.2 Å². The third kappa shape index (κ3) is 6.36. The van der Waals surface area contributed by atoms with Crippen LogP contribution < -0.4 is 10.6 Å². The number of esters is 1. The lowest BCUT2D eigenvalue weighted by Crippen LogP contribution is -2.46. The Morgan fingerprint density at radius 2 is 1.73 bits per heavy atom. The standard InChI is InChI=1S/C30H33N3O4/c1-3-33(27(34)20-31-30(36)32-25-14-9-13-24(19-25)29(35)37-2)28-23(18-21-10-5-4-6-11-21)17-16-22-12-7-8-15-26(22)28/h4-15,19,23,28H,3,16-18,20H2,1-2H3,(H2,31,32,36). The molecular weight excluding hydrogens is 466 g/mol. The zero-order chi connectivity index (χ0) is 26.2. The summed E-state index contributed by atoms with van der Waals surface area (Å²) in [5, 5.41) is 5.36. The molecular formula is C30H33N3O4. The average molecular weight is 500 g/mol. The predicted octanol–water partition coefficient (Wildman–Crippen LogP) is 4.99. The first-order valence-corrected chi connectivity index (χ1v) is 12.6. The molecule has 0 aliphatic heterocycles. The largest absolute Gasteiger partial charge is 0.465 e. The van der Waals surface area contributed by atoms with Crippen LogP contribution in [0.5, 0.6) is 0 Å². The molecule has 0 saturated heterocycles. The van der Waals surface area contributed by atoms with Gasteiger partial charge in [0.1, 0.15) is 0 Å². The number of nitrogens with one attached hydrogen (secondary N) is 2. The monoisotopic (exact) mass is 499 g/mol. The molecule has 0 radical (unpaired) electrons. The van der Waals surface area contributed by atoms with Gasteiger partial charge in [0.2, 0.25) is 5.91 Å². The van der Waals surface area contributed by atoms with Gasteiger partial charge in [-0.15, -0.1) is 0 Å². The zero-order valence-corrected chi connectivity index (χ0v) is 21.3. The average Bonchev–Trinajstić information content (AvgIpc) is 2.93. The van der Waals surface area contributed by atoms with Crippen molar-refractivity contribution in [3.8, 4) is 0 Å². The number of hydrogen-bond donors (Lipinski definition) is 2. The van der Waals surface area contributed by atoms with Crippen LogP contribution >= 0.6 is 0 Å². The lowest BCUT2D eigenvalue weighted by Gasteiger charge is -2.41. The van der Waals surface area contributed by atoms with Gasteiger partial charge in [-0.1, -0.05) is 60.7 Å². The minimum Gasteiger partial charge on any atom is -0.465 e. The van der Waals surface area contributed by atoms with Gasteiger partial charge in [0, 0.05) is 12.2 Å². The Hall–Kier alpha value is -4.13. The molecule has 192 valence electrons. The number of carbonyl (C=O) groups excluding carboxylic acids is 3. The number of aryl methyl sites for hydroxylation is 1. The van der Waals surface area contributed by atoms with Crippen LogP contribution in [0.2, 0.25) is 0 Å². The summed E-state index contributed by atoms with van der Waals surface area (Å²) in [5.74, 6) is -0.354. The molecule has 3 amide bonds. The fourth-order valence-corrected chi connectivity index (χ4v) is 5.16. The van der Waals surface area contributed by atoms with E-state index in [0.717, 1.165) is 19.3 Å². The Labute approximate surface area is 217 Å². The number of methoxy groups -OCH3 is 1. The van der Waals surface area contributed by atoms with Crippen molar-refractivity contribution in [1.29, 1.82) is 0 Å². The first-order chi connectivity index (χ1) is 18.0. The van der Waals surface area contributed by atoms with Crippen molar-refractivity contribution < 1.29 is 19.1 Å². The fraction of sp³-hybridized carbons (Fsp3) is 0.300. The number of fused-ring (bicyclic) bond motifs is 1. The quantitative estimate of drug-likeness (QED) is 0.428. The number of benzene rings is 3. The van der Waals surface area contributed by atoms with Gasteiger partial charge in [0.15, 0.2) is 0 Å². The molecule has 0 fully saturated rings. The van der Waals surface area contributed by atoms with E-state index in [2.05, 4.69) is 34.9 Å². The maximum absolute atomic E-state index is 13.4. The molecule has 0 bridgehead atoms. The molecule has 0 spiro atoms. The van der Waals surface area contributed by atoms with E-state index in [1.54, 1.807) is 18.2 Å². The highest BCUT2D eigenvalue weighted by Crippen LogP contribution is 2.40. The molecule has 2 atom stereocenters. The fourth-order valence-electron chi connectivity index (χ4n) is 5.16. The second-order valence-corrected chi connectivity index (χ2v) is 9.19. The Balaban J connectivity index is 1.46. The Kier molecular flexibility index (Phi) is 8.56. The molecule has 2 N–H and O–H groups in total. The van der Waals surface area contributed by atoms with Gasteiger partial charge in [-0.3, -0.25) is 4.79 Å². The van der Waals surface area contributed by atoms with Gasteiger partial charge in [-0.2, -0.15) is 0 Å². The first-order valence-electron chi connectivity index (χ1n) is 12.6. The van der Waals surface area contributed by atoms with Crippen molar-refractivity contribution in [2.75, 3.05) is 25.5 Å². The van der Waals surface area contributed by atoms with Crippen molar-refractivity contribution in [2.24, 2.45) is 5.92 Å². The van der Waals surface area contributed by atoms with Gasteiger partial charge >= 0.3 is 12.0 Å². The lowest BCUT2D eigenvalue weighted by molar-refractivity contribution is -0.133. The minimum absolute atomic E-state index is 0.0655. The molecule has 0 aromatic heterocycles.